The summed E-state index contributed by atoms with van der Waals surface area (Å²) < 4.78 is 57.3. The standard InChI is InChI=1S/C9H10F2N2O3S/c1-16-9-5-6(10)8(4-7(9)11)12-17(14,15)13-2-3-13/h4-5,12H,2-3H2,1H3. The van der Waals surface area contributed by atoms with Crippen LogP contribution in [0.5, 0.6) is 5.75 Å². The molecule has 1 N–H and O–H groups in total. The Morgan fingerprint density at radius 2 is 1.94 bits per heavy atom. The number of nitrogens with one attached hydrogen (secondary N) is 1. The van der Waals surface area contributed by atoms with E-state index in [2.05, 4.69) is 4.74 Å². The normalized spacial score (nSPS) is 15.7. The predicted molar refractivity (Wildman–Crippen MR) is 57.0 cm³/mol. The van der Waals surface area contributed by atoms with E-state index >= 15 is 0 Å². The maximum Gasteiger partial charge on any atom is 0.301 e. The van der Waals surface area contributed by atoms with E-state index in [1.165, 1.54) is 7.11 Å². The van der Waals surface area contributed by atoms with Crippen LogP contribution in [0.3, 0.4) is 0 Å². The van der Waals surface area contributed by atoms with Crippen LogP contribution >= 0.6 is 0 Å². The van der Waals surface area contributed by atoms with E-state index in [0.29, 0.717) is 13.1 Å². The first-order chi connectivity index (χ1) is 7.94. The van der Waals surface area contributed by atoms with Crippen LogP contribution in [-0.2, 0) is 10.2 Å². The molecule has 0 aromatic heterocycles. The second-order valence-electron chi connectivity index (χ2n) is 3.47. The van der Waals surface area contributed by atoms with Crippen molar-refractivity contribution in [1.82, 2.24) is 4.31 Å². The summed E-state index contributed by atoms with van der Waals surface area (Å²) in [6, 6.07) is 1.53. The number of rotatable bonds is 4. The first-order valence-corrected chi connectivity index (χ1v) is 6.19. The van der Waals surface area contributed by atoms with Crippen LogP contribution in [0.2, 0.25) is 0 Å². The van der Waals surface area contributed by atoms with Crippen molar-refractivity contribution in [1.29, 1.82) is 0 Å². The van der Waals surface area contributed by atoms with E-state index < -0.39 is 27.5 Å². The molecule has 1 aromatic carbocycles. The highest BCUT2D eigenvalue weighted by Crippen LogP contribution is 2.26. The maximum absolute atomic E-state index is 13.4. The van der Waals surface area contributed by atoms with Crippen molar-refractivity contribution in [3.63, 3.8) is 0 Å². The minimum Gasteiger partial charge on any atom is -0.494 e. The van der Waals surface area contributed by atoms with Crippen molar-refractivity contribution in [3.8, 4) is 5.75 Å². The van der Waals surface area contributed by atoms with Gasteiger partial charge in [-0.15, -0.1) is 0 Å². The molecule has 94 valence electrons. The third kappa shape index (κ3) is 2.47. The summed E-state index contributed by atoms with van der Waals surface area (Å²) >= 11 is 0. The van der Waals surface area contributed by atoms with Crippen LogP contribution < -0.4 is 9.46 Å². The molecule has 0 radical (unpaired) electrons. The highest BCUT2D eigenvalue weighted by atomic mass is 32.2. The van der Waals surface area contributed by atoms with Crippen LogP contribution in [0.1, 0.15) is 0 Å². The van der Waals surface area contributed by atoms with Gasteiger partial charge < -0.3 is 4.74 Å². The Morgan fingerprint density at radius 1 is 1.29 bits per heavy atom. The highest BCUT2D eigenvalue weighted by Gasteiger charge is 2.32. The Labute approximate surface area is 97.2 Å². The molecule has 5 nitrogen and oxygen atoms in total. The molecule has 0 unspecified atom stereocenters. The van der Waals surface area contributed by atoms with Crippen molar-refractivity contribution in [2.24, 2.45) is 0 Å². The fourth-order valence-corrected chi connectivity index (χ4v) is 2.37. The lowest BCUT2D eigenvalue weighted by Gasteiger charge is -2.10. The van der Waals surface area contributed by atoms with E-state index in [4.69, 9.17) is 0 Å². The molecule has 0 bridgehead atoms. The van der Waals surface area contributed by atoms with Gasteiger partial charge in [-0.1, -0.05) is 0 Å². The van der Waals surface area contributed by atoms with E-state index in [1.807, 2.05) is 4.72 Å². The summed E-state index contributed by atoms with van der Waals surface area (Å²) in [6.07, 6.45) is 0. The van der Waals surface area contributed by atoms with Gasteiger partial charge in [0.1, 0.15) is 0 Å². The largest absolute Gasteiger partial charge is 0.494 e. The Bertz CT molecular complexity index is 543. The number of nitrogens with zero attached hydrogens (tertiary/aromatic N) is 1. The van der Waals surface area contributed by atoms with Crippen molar-refractivity contribution in [3.05, 3.63) is 23.8 Å². The lowest BCUT2D eigenvalue weighted by Crippen LogP contribution is -2.21. The number of halogens is 2. The Balaban J connectivity index is 2.30. The average Bonchev–Trinajstić information content (AvgIpc) is 3.06. The van der Waals surface area contributed by atoms with Gasteiger partial charge in [-0.2, -0.15) is 12.7 Å². The Hall–Kier alpha value is -1.41. The van der Waals surface area contributed by atoms with Gasteiger partial charge in [0.15, 0.2) is 17.4 Å². The summed E-state index contributed by atoms with van der Waals surface area (Å²) in [5.41, 5.74) is -0.435. The molecule has 1 aliphatic rings. The molecule has 0 aliphatic carbocycles. The number of hydrogen-bond acceptors (Lipinski definition) is 3. The number of ether oxygens (including phenoxy) is 1. The van der Waals surface area contributed by atoms with Crippen molar-refractivity contribution in [2.75, 3.05) is 24.9 Å². The van der Waals surface area contributed by atoms with Crippen molar-refractivity contribution in [2.45, 2.75) is 0 Å². The SMILES string of the molecule is COc1cc(F)c(NS(=O)(=O)N2CC2)cc1F. The third-order valence-corrected chi connectivity index (χ3v) is 3.75. The molecule has 1 aromatic rings. The molecule has 1 fully saturated rings. The van der Waals surface area contributed by atoms with Gasteiger partial charge >= 0.3 is 10.2 Å². The minimum atomic E-state index is -3.76. The quantitative estimate of drug-likeness (QED) is 0.824. The van der Waals surface area contributed by atoms with Gasteiger partial charge in [-0.25, -0.2) is 8.78 Å². The van der Waals surface area contributed by atoms with E-state index in [1.54, 1.807) is 0 Å². The summed E-state index contributed by atoms with van der Waals surface area (Å²) in [7, 11) is -2.57. The summed E-state index contributed by atoms with van der Waals surface area (Å²) in [4.78, 5) is 0. The van der Waals surface area contributed by atoms with E-state index in [9.17, 15) is 17.2 Å². The fraction of sp³-hybridized carbons (Fsp3) is 0.333. The lowest BCUT2D eigenvalue weighted by atomic mass is 10.3. The summed E-state index contributed by atoms with van der Waals surface area (Å²) in [5, 5.41) is 0. The number of methoxy groups -OCH3 is 1. The first-order valence-electron chi connectivity index (χ1n) is 4.75. The van der Waals surface area contributed by atoms with Crippen LogP contribution in [0.15, 0.2) is 12.1 Å². The number of anilines is 1. The van der Waals surface area contributed by atoms with Crippen LogP contribution in [0, 0.1) is 11.6 Å². The zero-order valence-corrected chi connectivity index (χ0v) is 9.72. The zero-order chi connectivity index (χ0) is 12.6. The zero-order valence-electron chi connectivity index (χ0n) is 8.91. The molecule has 2 rings (SSSR count). The second kappa shape index (κ2) is 4.11. The monoisotopic (exact) mass is 264 g/mol. The molecular formula is C9H10F2N2O3S. The lowest BCUT2D eigenvalue weighted by molar-refractivity contribution is 0.383. The summed E-state index contributed by atoms with van der Waals surface area (Å²) in [6.45, 7) is 0.769. The molecular weight excluding hydrogens is 254 g/mol. The van der Waals surface area contributed by atoms with Crippen LogP contribution in [0.4, 0.5) is 14.5 Å². The molecule has 0 amide bonds. The van der Waals surface area contributed by atoms with E-state index in [-0.39, 0.29) is 5.75 Å². The second-order valence-corrected chi connectivity index (χ2v) is 5.14. The molecule has 8 heteroatoms. The van der Waals surface area contributed by atoms with E-state index in [0.717, 1.165) is 16.4 Å². The molecule has 0 atom stereocenters. The molecule has 17 heavy (non-hydrogen) atoms. The average molecular weight is 264 g/mol. The van der Waals surface area contributed by atoms with Gasteiger partial charge in [-0.05, 0) is 0 Å². The number of hydrogen-bond donors (Lipinski definition) is 1. The van der Waals surface area contributed by atoms with Crippen LogP contribution in [-0.4, -0.2) is 32.9 Å². The Kier molecular flexibility index (Phi) is 2.92. The maximum atomic E-state index is 13.4. The smallest absolute Gasteiger partial charge is 0.301 e. The van der Waals surface area contributed by atoms with Gasteiger partial charge in [0.25, 0.3) is 0 Å². The van der Waals surface area contributed by atoms with Gasteiger partial charge in [0, 0.05) is 25.2 Å². The topological polar surface area (TPSA) is 58.4 Å². The first kappa shape index (κ1) is 12.1. The van der Waals surface area contributed by atoms with Crippen molar-refractivity contribution < 1.29 is 21.9 Å². The number of benzene rings is 1. The third-order valence-electron chi connectivity index (χ3n) is 2.23. The van der Waals surface area contributed by atoms with Gasteiger partial charge in [-0.3, -0.25) is 4.72 Å². The predicted octanol–water partition coefficient (Wildman–Crippen LogP) is 0.946. The highest BCUT2D eigenvalue weighted by molar-refractivity contribution is 7.90. The molecule has 1 aliphatic heterocycles. The van der Waals surface area contributed by atoms with Gasteiger partial charge in [0.2, 0.25) is 0 Å². The molecule has 0 spiro atoms. The van der Waals surface area contributed by atoms with Crippen molar-refractivity contribution >= 4 is 15.9 Å². The molecule has 1 heterocycles. The molecule has 0 saturated carbocycles. The molecule has 1 saturated heterocycles. The minimum absolute atomic E-state index is 0.280. The summed E-state index contributed by atoms with van der Waals surface area (Å²) in [5.74, 6) is -2.01. The van der Waals surface area contributed by atoms with Crippen LogP contribution in [0.25, 0.3) is 0 Å². The van der Waals surface area contributed by atoms with Gasteiger partial charge in [0.05, 0.1) is 12.8 Å². The Morgan fingerprint density at radius 3 is 2.47 bits per heavy atom. The fourth-order valence-electron chi connectivity index (χ4n) is 1.25.